The van der Waals surface area contributed by atoms with Gasteiger partial charge in [-0.05, 0) is 58.7 Å². The summed E-state index contributed by atoms with van der Waals surface area (Å²) in [5.74, 6) is -0.551. The predicted octanol–water partition coefficient (Wildman–Crippen LogP) is 4.13. The first-order valence-corrected chi connectivity index (χ1v) is 11.3. The summed E-state index contributed by atoms with van der Waals surface area (Å²) in [6.45, 7) is 10.3. The van der Waals surface area contributed by atoms with Gasteiger partial charge in [0.05, 0.1) is 17.6 Å². The summed E-state index contributed by atoms with van der Waals surface area (Å²) in [5, 5.41) is 9.10. The van der Waals surface area contributed by atoms with Crippen molar-refractivity contribution >= 4 is 23.1 Å². The molecule has 0 saturated carbocycles. The molecular formula is C23H32F4N6O2. The summed E-state index contributed by atoms with van der Waals surface area (Å²) in [4.78, 5) is 25.2. The zero-order chi connectivity index (χ0) is 26.0. The molecule has 0 spiro atoms. The van der Waals surface area contributed by atoms with E-state index in [0.29, 0.717) is 18.2 Å². The smallest absolute Gasteiger partial charge is 0.362 e. The van der Waals surface area contributed by atoms with Gasteiger partial charge in [0.15, 0.2) is 5.82 Å². The second-order valence-corrected chi connectivity index (χ2v) is 8.33. The van der Waals surface area contributed by atoms with Crippen molar-refractivity contribution in [3.63, 3.8) is 0 Å². The summed E-state index contributed by atoms with van der Waals surface area (Å²) in [6, 6.07) is -0.782. The van der Waals surface area contributed by atoms with Crippen LogP contribution < -0.4 is 16.0 Å². The molecule has 1 aromatic rings. The normalized spacial score (nSPS) is 17.6. The van der Waals surface area contributed by atoms with E-state index in [-0.39, 0.29) is 29.5 Å². The molecule has 1 amide bonds. The number of carbonyl (C=O) groups excluding carboxylic acids is 1. The molecule has 0 aromatic carbocycles. The van der Waals surface area contributed by atoms with Gasteiger partial charge in [-0.15, -0.1) is 19.8 Å². The topological polar surface area (TPSA) is 101 Å². The molecule has 0 radical (unpaired) electrons. The molecule has 1 aliphatic heterocycles. The first-order valence-electron chi connectivity index (χ1n) is 11.3. The van der Waals surface area contributed by atoms with Crippen LogP contribution in [-0.2, 0) is 9.53 Å². The van der Waals surface area contributed by atoms with Crippen molar-refractivity contribution in [2.45, 2.75) is 58.5 Å². The minimum atomic E-state index is -4.94. The molecule has 12 heteroatoms. The van der Waals surface area contributed by atoms with E-state index in [0.717, 1.165) is 38.9 Å². The monoisotopic (exact) mass is 500 g/mol. The lowest BCUT2D eigenvalue weighted by atomic mass is 9.98. The minimum absolute atomic E-state index is 0.185. The fraction of sp³-hybridized carbons (Fsp3) is 0.565. The van der Waals surface area contributed by atoms with Gasteiger partial charge in [-0.1, -0.05) is 6.08 Å². The van der Waals surface area contributed by atoms with Crippen molar-refractivity contribution in [2.24, 2.45) is 10.9 Å². The van der Waals surface area contributed by atoms with E-state index in [4.69, 9.17) is 0 Å². The number of aromatic nitrogens is 2. The summed E-state index contributed by atoms with van der Waals surface area (Å²) in [7, 11) is 0. The van der Waals surface area contributed by atoms with Crippen LogP contribution in [-0.4, -0.2) is 59.7 Å². The zero-order valence-corrected chi connectivity index (χ0v) is 20.1. The fourth-order valence-corrected chi connectivity index (χ4v) is 3.59. The van der Waals surface area contributed by atoms with Crippen LogP contribution in [0.4, 0.5) is 29.1 Å². The lowest BCUT2D eigenvalue weighted by molar-refractivity contribution is -0.337. The number of hydrogen-bond donors (Lipinski definition) is 3. The molecule has 3 N–H and O–H groups in total. The van der Waals surface area contributed by atoms with Gasteiger partial charge in [0, 0.05) is 19.0 Å². The molecule has 35 heavy (non-hydrogen) atoms. The third-order valence-electron chi connectivity index (χ3n) is 5.42. The summed E-state index contributed by atoms with van der Waals surface area (Å²) in [5.41, 5.74) is 0.905. The number of amides is 1. The molecule has 1 fully saturated rings. The van der Waals surface area contributed by atoms with E-state index in [1.165, 1.54) is 12.4 Å². The third kappa shape index (κ3) is 10.1. The first kappa shape index (κ1) is 28.4. The Morgan fingerprint density at radius 2 is 2.03 bits per heavy atom. The quantitative estimate of drug-likeness (QED) is 0.240. The standard InChI is InChI=1S/C23H32F4N6O2/c1-5-18(11-19(10-14(2)24)35-23(25,26)27)33-21-20(15(3)30-13-31-21)32-16(4)22(34)29-12-17-6-8-28-9-7-17/h5,10,13,17-19,28H,1,6-9,11-12H2,2-4H3,(H,29,34)(H,30,31,33)/b14-10+,32-16+. The minimum Gasteiger partial charge on any atom is -0.362 e. The van der Waals surface area contributed by atoms with Crippen LogP contribution in [0.1, 0.15) is 38.8 Å². The molecule has 1 aromatic heterocycles. The molecule has 8 nitrogen and oxygen atoms in total. The molecule has 0 aliphatic carbocycles. The Morgan fingerprint density at radius 1 is 1.34 bits per heavy atom. The summed E-state index contributed by atoms with van der Waals surface area (Å²) < 4.78 is 55.6. The van der Waals surface area contributed by atoms with Crippen molar-refractivity contribution < 1.29 is 27.1 Å². The van der Waals surface area contributed by atoms with Crippen LogP contribution in [0.25, 0.3) is 0 Å². The maximum Gasteiger partial charge on any atom is 0.523 e. The fourth-order valence-electron chi connectivity index (χ4n) is 3.59. The number of hydrogen-bond acceptors (Lipinski definition) is 7. The van der Waals surface area contributed by atoms with Crippen molar-refractivity contribution in [3.05, 3.63) is 36.6 Å². The van der Waals surface area contributed by atoms with Gasteiger partial charge in [0.1, 0.15) is 17.7 Å². The second kappa shape index (κ2) is 13.3. The number of aliphatic imine (C=N–C) groups is 1. The van der Waals surface area contributed by atoms with Gasteiger partial charge in [0.25, 0.3) is 5.91 Å². The number of allylic oxidation sites excluding steroid dienone is 1. The van der Waals surface area contributed by atoms with Gasteiger partial charge >= 0.3 is 6.36 Å². The average molecular weight is 501 g/mol. The maximum atomic E-state index is 13.3. The van der Waals surface area contributed by atoms with Crippen LogP contribution in [0.5, 0.6) is 0 Å². The van der Waals surface area contributed by atoms with Crippen molar-refractivity contribution in [1.29, 1.82) is 0 Å². The van der Waals surface area contributed by atoms with Gasteiger partial charge in [-0.25, -0.2) is 19.4 Å². The second-order valence-electron chi connectivity index (χ2n) is 8.33. The van der Waals surface area contributed by atoms with E-state index in [1.807, 2.05) is 0 Å². The maximum absolute atomic E-state index is 13.3. The van der Waals surface area contributed by atoms with E-state index in [9.17, 15) is 22.4 Å². The number of halogens is 4. The molecule has 2 atom stereocenters. The number of anilines is 1. The highest BCUT2D eigenvalue weighted by atomic mass is 19.4. The molecule has 1 aliphatic rings. The lowest BCUT2D eigenvalue weighted by Crippen LogP contribution is -2.38. The molecule has 2 heterocycles. The molecular weight excluding hydrogens is 468 g/mol. The number of nitrogens with one attached hydrogen (secondary N) is 3. The van der Waals surface area contributed by atoms with Crippen molar-refractivity contribution in [2.75, 3.05) is 25.0 Å². The Hall–Kier alpha value is -2.86. The molecule has 0 bridgehead atoms. The zero-order valence-electron chi connectivity index (χ0n) is 20.1. The molecule has 2 unspecified atom stereocenters. The summed E-state index contributed by atoms with van der Waals surface area (Å²) >= 11 is 0. The number of aryl methyl sites for hydroxylation is 1. The van der Waals surface area contributed by atoms with Gasteiger partial charge in [-0.2, -0.15) is 0 Å². The number of alkyl halides is 3. The van der Waals surface area contributed by atoms with Gasteiger partial charge < -0.3 is 16.0 Å². The van der Waals surface area contributed by atoms with Crippen LogP contribution in [0.15, 0.2) is 35.9 Å². The predicted molar refractivity (Wildman–Crippen MR) is 126 cm³/mol. The van der Waals surface area contributed by atoms with Crippen LogP contribution >= 0.6 is 0 Å². The van der Waals surface area contributed by atoms with Crippen LogP contribution in [0.3, 0.4) is 0 Å². The Balaban J connectivity index is 2.16. The third-order valence-corrected chi connectivity index (χ3v) is 5.42. The largest absolute Gasteiger partial charge is 0.523 e. The highest BCUT2D eigenvalue weighted by Gasteiger charge is 2.34. The van der Waals surface area contributed by atoms with E-state index >= 15 is 0 Å². The Labute approximate surface area is 202 Å². The first-order chi connectivity index (χ1) is 16.5. The van der Waals surface area contributed by atoms with Gasteiger partial charge in [-0.3, -0.25) is 9.53 Å². The Bertz CT molecular complexity index is 925. The highest BCUT2D eigenvalue weighted by Crippen LogP contribution is 2.28. The van der Waals surface area contributed by atoms with Crippen molar-refractivity contribution in [3.8, 4) is 0 Å². The number of ether oxygens (including phenoxy) is 1. The summed E-state index contributed by atoms with van der Waals surface area (Å²) in [6.07, 6.45) is -1.49. The number of carbonyl (C=O) groups is 1. The van der Waals surface area contributed by atoms with E-state index in [2.05, 4.69) is 42.2 Å². The lowest BCUT2D eigenvalue weighted by Gasteiger charge is -2.23. The number of nitrogens with zero attached hydrogens (tertiary/aromatic N) is 3. The Kier molecular flexibility index (Phi) is 10.8. The van der Waals surface area contributed by atoms with Crippen LogP contribution in [0.2, 0.25) is 0 Å². The van der Waals surface area contributed by atoms with Crippen molar-refractivity contribution in [1.82, 2.24) is 20.6 Å². The number of rotatable bonds is 11. The highest BCUT2D eigenvalue weighted by molar-refractivity contribution is 6.38. The van der Waals surface area contributed by atoms with Gasteiger partial charge in [0.2, 0.25) is 0 Å². The average Bonchev–Trinajstić information content (AvgIpc) is 2.78. The van der Waals surface area contributed by atoms with E-state index < -0.39 is 24.3 Å². The van der Waals surface area contributed by atoms with E-state index in [1.54, 1.807) is 13.8 Å². The SMILES string of the molecule is C=CC(CC(/C=C(\C)F)OC(F)(F)F)Nc1ncnc(C)c1/N=C(\C)C(=O)NCC1CCNCC1. The molecule has 194 valence electrons. The number of piperidine rings is 1. The van der Waals surface area contributed by atoms with Crippen LogP contribution in [0, 0.1) is 12.8 Å². The molecule has 1 saturated heterocycles. The Morgan fingerprint density at radius 3 is 2.63 bits per heavy atom. The molecule has 2 rings (SSSR count).